The van der Waals surface area contributed by atoms with Gasteiger partial charge >= 0.3 is 6.03 Å². The predicted molar refractivity (Wildman–Crippen MR) is 124 cm³/mol. The van der Waals surface area contributed by atoms with Crippen LogP contribution in [0.2, 0.25) is 0 Å². The second kappa shape index (κ2) is 10.1. The highest BCUT2D eigenvalue weighted by molar-refractivity contribution is 5.89. The summed E-state index contributed by atoms with van der Waals surface area (Å²) in [7, 11) is 3.34. The number of anilines is 1. The first-order valence-corrected chi connectivity index (χ1v) is 11.1. The van der Waals surface area contributed by atoms with Crippen LogP contribution in [0.1, 0.15) is 43.5 Å². The zero-order valence-electron chi connectivity index (χ0n) is 19.5. The van der Waals surface area contributed by atoms with E-state index in [1.54, 1.807) is 14.2 Å². The van der Waals surface area contributed by atoms with Crippen molar-refractivity contribution in [1.29, 1.82) is 0 Å². The Balaban J connectivity index is 1.91. The standard InChI is InChI=1S/C25H35N3O3/c1-7-28-13-12-18-14-21(30-5)22(31-6)15-20(18)24(28)23(16(2)3)27-25(29)26-19-10-8-17(4)9-11-19/h8-11,14-16,23-24H,7,12-13H2,1-6H3,(H2,26,27,29)/p+1/t23-,24+/m1/s1. The minimum absolute atomic E-state index is 0.0300. The average molecular weight is 427 g/mol. The molecule has 0 aromatic heterocycles. The fraction of sp³-hybridized carbons (Fsp3) is 0.480. The Morgan fingerprint density at radius 2 is 1.77 bits per heavy atom. The van der Waals surface area contributed by atoms with E-state index in [1.165, 1.54) is 16.0 Å². The molecule has 6 nitrogen and oxygen atoms in total. The van der Waals surface area contributed by atoms with Gasteiger partial charge in [-0.3, -0.25) is 0 Å². The number of benzene rings is 2. The molecular weight excluding hydrogens is 390 g/mol. The van der Waals surface area contributed by atoms with Crippen LogP contribution in [0, 0.1) is 12.8 Å². The smallest absolute Gasteiger partial charge is 0.319 e. The van der Waals surface area contributed by atoms with Crippen LogP contribution in [-0.4, -0.2) is 39.4 Å². The highest BCUT2D eigenvalue weighted by Gasteiger charge is 2.39. The molecule has 168 valence electrons. The molecule has 1 aliphatic heterocycles. The second-order valence-electron chi connectivity index (χ2n) is 8.63. The van der Waals surface area contributed by atoms with Crippen LogP contribution in [0.25, 0.3) is 0 Å². The molecule has 0 spiro atoms. The first-order valence-electron chi connectivity index (χ1n) is 11.1. The summed E-state index contributed by atoms with van der Waals surface area (Å²) in [5.41, 5.74) is 4.46. The monoisotopic (exact) mass is 426 g/mol. The number of amides is 2. The van der Waals surface area contributed by atoms with E-state index in [-0.39, 0.29) is 24.0 Å². The number of aryl methyl sites for hydroxylation is 1. The fourth-order valence-electron chi connectivity index (χ4n) is 4.55. The van der Waals surface area contributed by atoms with Crippen molar-refractivity contribution in [2.45, 2.75) is 46.2 Å². The van der Waals surface area contributed by atoms with E-state index in [0.717, 1.165) is 42.3 Å². The second-order valence-corrected chi connectivity index (χ2v) is 8.63. The first kappa shape index (κ1) is 22.9. The predicted octanol–water partition coefficient (Wildman–Crippen LogP) is 3.36. The molecule has 3 N–H and O–H groups in total. The number of hydrogen-bond acceptors (Lipinski definition) is 3. The molecule has 31 heavy (non-hydrogen) atoms. The van der Waals surface area contributed by atoms with Crippen LogP contribution in [0.15, 0.2) is 36.4 Å². The van der Waals surface area contributed by atoms with Gasteiger partial charge in [-0.05, 0) is 49.6 Å². The lowest BCUT2D eigenvalue weighted by molar-refractivity contribution is -0.934. The van der Waals surface area contributed by atoms with Gasteiger partial charge in [-0.15, -0.1) is 0 Å². The molecule has 1 unspecified atom stereocenters. The molecule has 6 heteroatoms. The Morgan fingerprint density at radius 3 is 2.35 bits per heavy atom. The number of fused-ring (bicyclic) bond motifs is 1. The number of hydrogen-bond donors (Lipinski definition) is 3. The lowest BCUT2D eigenvalue weighted by atomic mass is 9.83. The van der Waals surface area contributed by atoms with Crippen LogP contribution in [0.5, 0.6) is 11.5 Å². The van der Waals surface area contributed by atoms with Crippen molar-refractivity contribution in [2.24, 2.45) is 5.92 Å². The van der Waals surface area contributed by atoms with Crippen molar-refractivity contribution in [1.82, 2.24) is 5.32 Å². The maximum Gasteiger partial charge on any atom is 0.319 e. The van der Waals surface area contributed by atoms with Crippen molar-refractivity contribution < 1.29 is 19.2 Å². The number of quaternary nitrogens is 1. The van der Waals surface area contributed by atoms with Crippen LogP contribution in [0.4, 0.5) is 10.5 Å². The van der Waals surface area contributed by atoms with Gasteiger partial charge in [-0.25, -0.2) is 4.79 Å². The number of carbonyl (C=O) groups is 1. The van der Waals surface area contributed by atoms with Crippen molar-refractivity contribution in [3.8, 4) is 11.5 Å². The van der Waals surface area contributed by atoms with Crippen LogP contribution < -0.4 is 25.0 Å². The van der Waals surface area contributed by atoms with Gasteiger partial charge in [0.1, 0.15) is 6.04 Å². The summed E-state index contributed by atoms with van der Waals surface area (Å²) in [4.78, 5) is 14.4. The molecule has 0 fully saturated rings. The minimum atomic E-state index is -0.175. The van der Waals surface area contributed by atoms with Crippen molar-refractivity contribution >= 4 is 11.7 Å². The molecule has 2 aromatic rings. The SMILES string of the molecule is CC[NH+]1CCc2cc(OC)c(OC)cc2[C@H]1[C@H](NC(=O)Nc1ccc(C)cc1)C(C)C. The number of rotatable bonds is 7. The largest absolute Gasteiger partial charge is 0.493 e. The third-order valence-electron chi connectivity index (χ3n) is 6.27. The van der Waals surface area contributed by atoms with Crippen LogP contribution in [-0.2, 0) is 6.42 Å². The van der Waals surface area contributed by atoms with Crippen molar-refractivity contribution in [2.75, 3.05) is 32.6 Å². The van der Waals surface area contributed by atoms with E-state index in [0.29, 0.717) is 0 Å². The van der Waals surface area contributed by atoms with E-state index >= 15 is 0 Å². The maximum atomic E-state index is 12.9. The van der Waals surface area contributed by atoms with Gasteiger partial charge in [0.05, 0.1) is 33.4 Å². The third-order valence-corrected chi connectivity index (χ3v) is 6.27. The molecule has 3 rings (SSSR count). The lowest BCUT2D eigenvalue weighted by Crippen LogP contribution is -3.14. The van der Waals surface area contributed by atoms with Gasteiger partial charge in [-0.2, -0.15) is 0 Å². The molecule has 2 aromatic carbocycles. The Labute approximate surface area is 185 Å². The van der Waals surface area contributed by atoms with E-state index < -0.39 is 0 Å². The van der Waals surface area contributed by atoms with E-state index in [1.807, 2.05) is 31.2 Å². The third kappa shape index (κ3) is 5.13. The molecule has 0 aliphatic carbocycles. The molecule has 0 bridgehead atoms. The van der Waals surface area contributed by atoms with Crippen molar-refractivity contribution in [3.05, 3.63) is 53.1 Å². The van der Waals surface area contributed by atoms with Gasteiger partial charge in [0.15, 0.2) is 11.5 Å². The maximum absolute atomic E-state index is 12.9. The topological polar surface area (TPSA) is 64.0 Å². The molecule has 0 saturated heterocycles. The summed E-state index contributed by atoms with van der Waals surface area (Å²) < 4.78 is 11.1. The number of likely N-dealkylation sites (N-methyl/N-ethyl adjacent to an activating group) is 1. The summed E-state index contributed by atoms with van der Waals surface area (Å²) in [6, 6.07) is 12.0. The zero-order chi connectivity index (χ0) is 22.5. The van der Waals surface area contributed by atoms with Gasteiger partial charge in [0.2, 0.25) is 0 Å². The van der Waals surface area contributed by atoms with E-state index in [9.17, 15) is 4.79 Å². The van der Waals surface area contributed by atoms with Gasteiger partial charge in [-0.1, -0.05) is 31.5 Å². The van der Waals surface area contributed by atoms with Crippen LogP contribution in [0.3, 0.4) is 0 Å². The molecule has 1 aliphatic rings. The minimum Gasteiger partial charge on any atom is -0.493 e. The Morgan fingerprint density at radius 1 is 1.13 bits per heavy atom. The summed E-state index contributed by atoms with van der Waals surface area (Å²) in [6.07, 6.45) is 0.982. The number of methoxy groups -OCH3 is 2. The van der Waals surface area contributed by atoms with Crippen molar-refractivity contribution in [3.63, 3.8) is 0 Å². The molecular formula is C25H36N3O3+. The number of urea groups is 1. The molecule has 3 atom stereocenters. The van der Waals surface area contributed by atoms with Gasteiger partial charge in [0, 0.05) is 17.7 Å². The Kier molecular flexibility index (Phi) is 7.44. The highest BCUT2D eigenvalue weighted by atomic mass is 16.5. The number of ether oxygens (including phenoxy) is 2. The summed E-state index contributed by atoms with van der Waals surface area (Å²) in [5.74, 6) is 1.75. The number of nitrogens with one attached hydrogen (secondary N) is 3. The normalized spacial score (nSPS) is 18.8. The average Bonchev–Trinajstić information content (AvgIpc) is 2.77. The number of carbonyl (C=O) groups excluding carboxylic acids is 1. The molecule has 0 radical (unpaired) electrons. The molecule has 1 heterocycles. The van der Waals surface area contributed by atoms with E-state index in [2.05, 4.69) is 43.5 Å². The molecule has 2 amide bonds. The highest BCUT2D eigenvalue weighted by Crippen LogP contribution is 2.36. The summed E-state index contributed by atoms with van der Waals surface area (Å²) >= 11 is 0. The fourth-order valence-corrected chi connectivity index (χ4v) is 4.55. The zero-order valence-corrected chi connectivity index (χ0v) is 19.5. The van der Waals surface area contributed by atoms with Gasteiger partial charge in [0.25, 0.3) is 0 Å². The van der Waals surface area contributed by atoms with E-state index in [4.69, 9.17) is 9.47 Å². The quantitative estimate of drug-likeness (QED) is 0.636. The lowest BCUT2D eigenvalue weighted by Gasteiger charge is -2.40. The Hall–Kier alpha value is -2.73. The molecule has 0 saturated carbocycles. The Bertz CT molecular complexity index is 896. The van der Waals surface area contributed by atoms with Gasteiger partial charge < -0.3 is 25.0 Å². The summed E-state index contributed by atoms with van der Waals surface area (Å²) in [6.45, 7) is 10.6. The first-order chi connectivity index (χ1) is 14.9. The summed E-state index contributed by atoms with van der Waals surface area (Å²) in [5, 5.41) is 6.26. The van der Waals surface area contributed by atoms with Crippen LogP contribution >= 0.6 is 0 Å².